The Morgan fingerprint density at radius 2 is 1.56 bits per heavy atom. The minimum absolute atomic E-state index is 0.289. The van der Waals surface area contributed by atoms with Crippen LogP contribution in [0.15, 0.2) is 71.8 Å². The Hall–Kier alpha value is -4.33. The molecule has 0 spiro atoms. The lowest BCUT2D eigenvalue weighted by Crippen LogP contribution is -2.22. The number of esters is 1. The molecule has 0 heterocycles. The topological polar surface area (TPSA) is 89.5 Å². The number of carbonyl (C=O) groups is 2. The highest BCUT2D eigenvalue weighted by atomic mass is 16.5. The summed E-state index contributed by atoms with van der Waals surface area (Å²) in [5, 5.41) is 4.07. The molecule has 0 saturated carbocycles. The molecule has 3 aromatic carbocycles. The molecular formula is C28H31N3O5. The number of methoxy groups -OCH3 is 2. The van der Waals surface area contributed by atoms with Crippen LogP contribution in [0.5, 0.6) is 11.5 Å². The monoisotopic (exact) mass is 489 g/mol. The fraction of sp³-hybridized carbons (Fsp3) is 0.250. The Bertz CT molecular complexity index is 1190. The summed E-state index contributed by atoms with van der Waals surface area (Å²) in [6.45, 7) is 6.31. The van der Waals surface area contributed by atoms with Crippen molar-refractivity contribution in [3.05, 3.63) is 89.0 Å². The maximum Gasteiger partial charge on any atom is 0.337 e. The van der Waals surface area contributed by atoms with Gasteiger partial charge in [-0.15, -0.1) is 0 Å². The van der Waals surface area contributed by atoms with Crippen molar-refractivity contribution >= 4 is 23.8 Å². The first kappa shape index (κ1) is 26.3. The third kappa shape index (κ3) is 6.85. The van der Waals surface area contributed by atoms with Gasteiger partial charge in [0.15, 0.2) is 11.5 Å². The highest BCUT2D eigenvalue weighted by molar-refractivity contribution is 5.95. The number of anilines is 1. The summed E-state index contributed by atoms with van der Waals surface area (Å²) < 4.78 is 16.0. The summed E-state index contributed by atoms with van der Waals surface area (Å²) in [6.07, 6.45) is 1.54. The smallest absolute Gasteiger partial charge is 0.337 e. The van der Waals surface area contributed by atoms with Gasteiger partial charge in [0.1, 0.15) is 6.61 Å². The normalized spacial score (nSPS) is 10.7. The molecule has 0 saturated heterocycles. The van der Waals surface area contributed by atoms with Gasteiger partial charge in [-0.05, 0) is 79.6 Å². The Morgan fingerprint density at radius 1 is 0.889 bits per heavy atom. The molecule has 0 unspecified atom stereocenters. The summed E-state index contributed by atoms with van der Waals surface area (Å²) in [5.41, 5.74) is 6.26. The van der Waals surface area contributed by atoms with Crippen LogP contribution in [0, 0.1) is 0 Å². The van der Waals surface area contributed by atoms with Crippen molar-refractivity contribution in [2.75, 3.05) is 32.2 Å². The van der Waals surface area contributed by atoms with Crippen LogP contribution in [0.1, 0.15) is 45.7 Å². The largest absolute Gasteiger partial charge is 0.493 e. The fourth-order valence-corrected chi connectivity index (χ4v) is 3.54. The molecule has 8 nitrogen and oxygen atoms in total. The zero-order chi connectivity index (χ0) is 25.9. The Balaban J connectivity index is 1.58. The van der Waals surface area contributed by atoms with Crippen molar-refractivity contribution < 1.29 is 23.8 Å². The molecule has 0 aromatic heterocycles. The highest BCUT2D eigenvalue weighted by Crippen LogP contribution is 2.28. The van der Waals surface area contributed by atoms with Crippen LogP contribution in [0.4, 0.5) is 5.69 Å². The zero-order valence-electron chi connectivity index (χ0n) is 21.0. The second-order valence-corrected chi connectivity index (χ2v) is 7.81. The SMILES string of the molecule is CCN(CC)c1ccc(C(=O)N/N=C/c2ccc(OCc3ccc(C(=O)OC)cc3)c(OC)c2)cc1. The lowest BCUT2D eigenvalue weighted by Gasteiger charge is -2.20. The van der Waals surface area contributed by atoms with Crippen molar-refractivity contribution in [2.24, 2.45) is 5.10 Å². The number of ether oxygens (including phenoxy) is 3. The molecule has 0 aliphatic rings. The first-order valence-electron chi connectivity index (χ1n) is 11.7. The maximum absolute atomic E-state index is 12.4. The summed E-state index contributed by atoms with van der Waals surface area (Å²) in [6, 6.07) is 19.8. The van der Waals surface area contributed by atoms with Crippen molar-refractivity contribution in [3.63, 3.8) is 0 Å². The molecule has 3 rings (SSSR count). The average molecular weight is 490 g/mol. The number of nitrogens with one attached hydrogen (secondary N) is 1. The van der Waals surface area contributed by atoms with Gasteiger partial charge in [-0.1, -0.05) is 12.1 Å². The summed E-state index contributed by atoms with van der Waals surface area (Å²) in [5.74, 6) is 0.417. The summed E-state index contributed by atoms with van der Waals surface area (Å²) in [4.78, 5) is 26.2. The van der Waals surface area contributed by atoms with Gasteiger partial charge in [-0.25, -0.2) is 10.2 Å². The van der Waals surface area contributed by atoms with E-state index in [0.29, 0.717) is 29.2 Å². The van der Waals surface area contributed by atoms with E-state index in [0.717, 1.165) is 29.9 Å². The second-order valence-electron chi connectivity index (χ2n) is 7.81. The second kappa shape index (κ2) is 12.9. The van der Waals surface area contributed by atoms with Gasteiger partial charge in [0.05, 0.1) is 26.0 Å². The lowest BCUT2D eigenvalue weighted by atomic mass is 10.1. The van der Waals surface area contributed by atoms with Crippen LogP contribution in [0.25, 0.3) is 0 Å². The van der Waals surface area contributed by atoms with Crippen LogP contribution in [-0.4, -0.2) is 45.4 Å². The van der Waals surface area contributed by atoms with E-state index in [2.05, 4.69) is 29.3 Å². The van der Waals surface area contributed by atoms with Crippen molar-refractivity contribution in [1.82, 2.24) is 5.43 Å². The Labute approximate surface area is 211 Å². The van der Waals surface area contributed by atoms with Gasteiger partial charge in [0.25, 0.3) is 5.91 Å². The van der Waals surface area contributed by atoms with Crippen molar-refractivity contribution in [3.8, 4) is 11.5 Å². The van der Waals surface area contributed by atoms with Crippen LogP contribution in [0.2, 0.25) is 0 Å². The van der Waals surface area contributed by atoms with E-state index in [9.17, 15) is 9.59 Å². The van der Waals surface area contributed by atoms with Crippen LogP contribution >= 0.6 is 0 Å². The maximum atomic E-state index is 12.4. The molecule has 188 valence electrons. The summed E-state index contributed by atoms with van der Waals surface area (Å²) >= 11 is 0. The number of carbonyl (C=O) groups excluding carboxylic acids is 2. The number of amides is 1. The molecule has 1 amide bonds. The third-order valence-electron chi connectivity index (χ3n) is 5.59. The van der Waals surface area contributed by atoms with E-state index >= 15 is 0 Å². The molecule has 36 heavy (non-hydrogen) atoms. The number of hydrogen-bond acceptors (Lipinski definition) is 7. The third-order valence-corrected chi connectivity index (χ3v) is 5.59. The van der Waals surface area contributed by atoms with Gasteiger partial charge in [-0.3, -0.25) is 4.79 Å². The zero-order valence-corrected chi connectivity index (χ0v) is 21.0. The standard InChI is InChI=1S/C28H31N3O5/c1-5-31(6-2)24-14-12-22(13-15-24)27(32)30-29-18-21-9-16-25(26(17-21)34-3)36-19-20-7-10-23(11-8-20)28(33)35-4/h7-18H,5-6,19H2,1-4H3,(H,30,32)/b29-18+. The molecule has 0 fully saturated rings. The quantitative estimate of drug-likeness (QED) is 0.239. The van der Waals surface area contributed by atoms with E-state index in [1.807, 2.05) is 18.2 Å². The predicted molar refractivity (Wildman–Crippen MR) is 140 cm³/mol. The van der Waals surface area contributed by atoms with Gasteiger partial charge < -0.3 is 19.1 Å². The van der Waals surface area contributed by atoms with Gasteiger partial charge >= 0.3 is 5.97 Å². The van der Waals surface area contributed by atoms with Crippen LogP contribution < -0.4 is 19.8 Å². The molecule has 0 bridgehead atoms. The van der Waals surface area contributed by atoms with E-state index in [-0.39, 0.29) is 11.9 Å². The lowest BCUT2D eigenvalue weighted by molar-refractivity contribution is 0.0600. The Kier molecular flexibility index (Phi) is 9.45. The molecule has 0 radical (unpaired) electrons. The summed E-state index contributed by atoms with van der Waals surface area (Å²) in [7, 11) is 2.90. The van der Waals surface area contributed by atoms with Crippen LogP contribution in [-0.2, 0) is 11.3 Å². The highest BCUT2D eigenvalue weighted by Gasteiger charge is 2.09. The number of hydrazone groups is 1. The minimum atomic E-state index is -0.384. The number of benzene rings is 3. The van der Waals surface area contributed by atoms with Gasteiger partial charge in [0, 0.05) is 24.3 Å². The van der Waals surface area contributed by atoms with Crippen LogP contribution in [0.3, 0.4) is 0 Å². The molecule has 0 aliphatic heterocycles. The van der Waals surface area contributed by atoms with Crippen molar-refractivity contribution in [1.29, 1.82) is 0 Å². The van der Waals surface area contributed by atoms with E-state index in [1.54, 1.807) is 61.9 Å². The number of rotatable bonds is 11. The fourth-order valence-electron chi connectivity index (χ4n) is 3.54. The first-order chi connectivity index (χ1) is 17.5. The number of hydrogen-bond donors (Lipinski definition) is 1. The van der Waals surface area contributed by atoms with Gasteiger partial charge in [-0.2, -0.15) is 5.10 Å². The molecule has 1 N–H and O–H groups in total. The average Bonchev–Trinajstić information content (AvgIpc) is 2.93. The molecule has 8 heteroatoms. The molecular weight excluding hydrogens is 458 g/mol. The first-order valence-corrected chi connectivity index (χ1v) is 11.7. The number of nitrogens with zero attached hydrogens (tertiary/aromatic N) is 2. The van der Waals surface area contributed by atoms with Gasteiger partial charge in [0.2, 0.25) is 0 Å². The van der Waals surface area contributed by atoms with E-state index in [1.165, 1.54) is 7.11 Å². The molecule has 3 aromatic rings. The van der Waals surface area contributed by atoms with Crippen molar-refractivity contribution in [2.45, 2.75) is 20.5 Å². The molecule has 0 aliphatic carbocycles. The molecule has 0 atom stereocenters. The minimum Gasteiger partial charge on any atom is -0.493 e. The Morgan fingerprint density at radius 3 is 2.17 bits per heavy atom. The van der Waals surface area contributed by atoms with E-state index in [4.69, 9.17) is 14.2 Å². The van der Waals surface area contributed by atoms with E-state index < -0.39 is 0 Å². The predicted octanol–water partition coefficient (Wildman–Crippen LogP) is 4.67.